The first-order valence-corrected chi connectivity index (χ1v) is 12.8. The molecule has 32 heavy (non-hydrogen) atoms. The summed E-state index contributed by atoms with van der Waals surface area (Å²) < 4.78 is 33.6. The van der Waals surface area contributed by atoms with E-state index >= 15 is 0 Å². The van der Waals surface area contributed by atoms with Crippen molar-refractivity contribution in [3.63, 3.8) is 0 Å². The summed E-state index contributed by atoms with van der Waals surface area (Å²) in [5.74, 6) is 0.784. The van der Waals surface area contributed by atoms with Crippen LogP contribution >= 0.6 is 0 Å². The number of benzene rings is 2. The third-order valence-electron chi connectivity index (χ3n) is 6.13. The maximum Gasteiger partial charge on any atom is 0.235 e. The standard InChI is InChI=1S/C24H31N3O4S/c1-17-22-13-12-20(16-23(22)26-25-17)31-14-5-4-11-24(28)18-7-6-8-19(15-18)27-32(29,30)21-9-2-3-10-21/h6-8,12-13,15-16,21,24,27-28H,2-5,9-11,14H2,1H3,(H,25,26)/t24-/m0/s1. The van der Waals surface area contributed by atoms with Crippen LogP contribution in [0.5, 0.6) is 5.75 Å². The highest BCUT2D eigenvalue weighted by molar-refractivity contribution is 7.93. The van der Waals surface area contributed by atoms with Gasteiger partial charge in [-0.1, -0.05) is 25.0 Å². The highest BCUT2D eigenvalue weighted by Gasteiger charge is 2.28. The highest BCUT2D eigenvalue weighted by Crippen LogP contribution is 2.28. The number of aromatic nitrogens is 2. The molecule has 0 spiro atoms. The van der Waals surface area contributed by atoms with E-state index in [9.17, 15) is 13.5 Å². The molecular weight excluding hydrogens is 426 g/mol. The van der Waals surface area contributed by atoms with Gasteiger partial charge in [-0.3, -0.25) is 9.82 Å². The molecule has 3 N–H and O–H groups in total. The lowest BCUT2D eigenvalue weighted by molar-refractivity contribution is 0.160. The van der Waals surface area contributed by atoms with Crippen molar-refractivity contribution in [2.75, 3.05) is 11.3 Å². The molecule has 0 amide bonds. The fourth-order valence-electron chi connectivity index (χ4n) is 4.27. The summed E-state index contributed by atoms with van der Waals surface area (Å²) in [5.41, 5.74) is 3.16. The van der Waals surface area contributed by atoms with Crippen molar-refractivity contribution in [3.05, 3.63) is 53.7 Å². The van der Waals surface area contributed by atoms with Crippen LogP contribution in [0.25, 0.3) is 10.9 Å². The third kappa shape index (κ3) is 5.42. The average Bonchev–Trinajstić information content (AvgIpc) is 3.44. The van der Waals surface area contributed by atoms with E-state index in [4.69, 9.17) is 4.74 Å². The molecule has 0 radical (unpaired) electrons. The van der Waals surface area contributed by atoms with Gasteiger partial charge in [0.25, 0.3) is 0 Å². The molecule has 0 saturated heterocycles. The van der Waals surface area contributed by atoms with Gasteiger partial charge >= 0.3 is 0 Å². The maximum absolute atomic E-state index is 12.5. The molecule has 8 heteroatoms. The molecule has 0 aliphatic heterocycles. The predicted octanol–water partition coefficient (Wildman–Crippen LogP) is 4.84. The van der Waals surface area contributed by atoms with Crippen molar-refractivity contribution >= 4 is 26.6 Å². The second kappa shape index (κ2) is 9.92. The molecule has 1 heterocycles. The number of hydrogen-bond acceptors (Lipinski definition) is 5. The fraction of sp³-hybridized carbons (Fsp3) is 0.458. The second-order valence-corrected chi connectivity index (χ2v) is 10.5. The fourth-order valence-corrected chi connectivity index (χ4v) is 5.84. The molecular formula is C24H31N3O4S. The Morgan fingerprint density at radius 1 is 1.19 bits per heavy atom. The Balaban J connectivity index is 1.24. The van der Waals surface area contributed by atoms with Crippen molar-refractivity contribution in [2.24, 2.45) is 0 Å². The number of aryl methyl sites for hydroxylation is 1. The van der Waals surface area contributed by atoms with Gasteiger partial charge in [-0.2, -0.15) is 5.10 Å². The summed E-state index contributed by atoms with van der Waals surface area (Å²) in [6.45, 7) is 2.55. The average molecular weight is 458 g/mol. The summed E-state index contributed by atoms with van der Waals surface area (Å²) in [6, 6.07) is 12.9. The van der Waals surface area contributed by atoms with Gasteiger partial charge in [-0.25, -0.2) is 8.42 Å². The van der Waals surface area contributed by atoms with Crippen LogP contribution in [0.1, 0.15) is 62.3 Å². The summed E-state index contributed by atoms with van der Waals surface area (Å²) in [7, 11) is -3.37. The zero-order valence-electron chi connectivity index (χ0n) is 18.4. The van der Waals surface area contributed by atoms with Crippen molar-refractivity contribution in [2.45, 2.75) is 63.2 Å². The molecule has 2 aromatic carbocycles. The van der Waals surface area contributed by atoms with Gasteiger partial charge in [0.1, 0.15) is 5.75 Å². The van der Waals surface area contributed by atoms with E-state index in [1.807, 2.05) is 31.2 Å². The molecule has 7 nitrogen and oxygen atoms in total. The second-order valence-electron chi connectivity index (χ2n) is 8.57. The van der Waals surface area contributed by atoms with Crippen LogP contribution in [0, 0.1) is 6.92 Å². The zero-order chi connectivity index (χ0) is 22.6. The van der Waals surface area contributed by atoms with Gasteiger partial charge in [-0.15, -0.1) is 0 Å². The minimum Gasteiger partial charge on any atom is -0.494 e. The molecule has 0 unspecified atom stereocenters. The molecule has 1 atom stereocenters. The molecule has 1 saturated carbocycles. The smallest absolute Gasteiger partial charge is 0.235 e. The molecule has 172 valence electrons. The number of aliphatic hydroxyl groups excluding tert-OH is 1. The first-order valence-electron chi connectivity index (χ1n) is 11.3. The summed E-state index contributed by atoms with van der Waals surface area (Å²) >= 11 is 0. The molecule has 1 fully saturated rings. The Hall–Kier alpha value is -2.58. The van der Waals surface area contributed by atoms with E-state index < -0.39 is 16.1 Å². The number of aliphatic hydroxyl groups is 1. The number of sulfonamides is 1. The number of unbranched alkanes of at least 4 members (excludes halogenated alkanes) is 1. The first kappa shape index (κ1) is 22.6. The number of aromatic amines is 1. The molecule has 3 aromatic rings. The SMILES string of the molecule is Cc1[nH]nc2cc(OCCCC[C@H](O)c3cccc(NS(=O)(=O)C4CCCC4)c3)ccc12. The number of anilines is 1. The molecule has 0 bridgehead atoms. The van der Waals surface area contributed by atoms with E-state index in [1.165, 1.54) is 0 Å². The van der Waals surface area contributed by atoms with Gasteiger partial charge in [0, 0.05) is 22.8 Å². The highest BCUT2D eigenvalue weighted by atomic mass is 32.2. The van der Waals surface area contributed by atoms with Crippen molar-refractivity contribution in [3.8, 4) is 5.75 Å². The minimum absolute atomic E-state index is 0.311. The zero-order valence-corrected chi connectivity index (χ0v) is 19.2. The lowest BCUT2D eigenvalue weighted by Gasteiger charge is -2.16. The Kier molecular flexibility index (Phi) is 7.01. The lowest BCUT2D eigenvalue weighted by atomic mass is 10.0. The van der Waals surface area contributed by atoms with Crippen molar-refractivity contribution in [1.29, 1.82) is 0 Å². The predicted molar refractivity (Wildman–Crippen MR) is 126 cm³/mol. The molecule has 1 aliphatic carbocycles. The van der Waals surface area contributed by atoms with Gasteiger partial charge in [0.2, 0.25) is 10.0 Å². The summed E-state index contributed by atoms with van der Waals surface area (Å²) in [6.07, 6.45) is 4.90. The number of fused-ring (bicyclic) bond motifs is 1. The van der Waals surface area contributed by atoms with Crippen molar-refractivity contribution in [1.82, 2.24) is 10.2 Å². The van der Waals surface area contributed by atoms with Crippen LogP contribution < -0.4 is 9.46 Å². The lowest BCUT2D eigenvalue weighted by Crippen LogP contribution is -2.25. The Bertz CT molecular complexity index is 1150. The molecule has 1 aliphatic rings. The largest absolute Gasteiger partial charge is 0.494 e. The number of hydrogen-bond donors (Lipinski definition) is 3. The molecule has 4 rings (SSSR count). The van der Waals surface area contributed by atoms with Crippen molar-refractivity contribution < 1.29 is 18.3 Å². The van der Waals surface area contributed by atoms with Gasteiger partial charge in [0.15, 0.2) is 0 Å². The van der Waals surface area contributed by atoms with Crippen LogP contribution in [0.2, 0.25) is 0 Å². The Morgan fingerprint density at radius 2 is 2.00 bits per heavy atom. The minimum atomic E-state index is -3.37. The van der Waals surface area contributed by atoms with Crippen LogP contribution in [0.3, 0.4) is 0 Å². The van der Waals surface area contributed by atoms with Crippen LogP contribution in [-0.2, 0) is 10.0 Å². The maximum atomic E-state index is 12.5. The number of ether oxygens (including phenoxy) is 1. The molecule has 1 aromatic heterocycles. The first-order chi connectivity index (χ1) is 15.4. The quantitative estimate of drug-likeness (QED) is 0.378. The van der Waals surface area contributed by atoms with Gasteiger partial charge in [-0.05, 0) is 68.9 Å². The third-order valence-corrected chi connectivity index (χ3v) is 8.00. The van der Waals surface area contributed by atoms with Gasteiger partial charge < -0.3 is 9.84 Å². The summed E-state index contributed by atoms with van der Waals surface area (Å²) in [5, 5.41) is 18.6. The summed E-state index contributed by atoms with van der Waals surface area (Å²) in [4.78, 5) is 0. The van der Waals surface area contributed by atoms with E-state index in [1.54, 1.807) is 18.2 Å². The number of nitrogens with zero attached hydrogens (tertiary/aromatic N) is 1. The number of nitrogens with one attached hydrogen (secondary N) is 2. The van der Waals surface area contributed by atoms with Gasteiger partial charge in [0.05, 0.1) is 23.5 Å². The Morgan fingerprint density at radius 3 is 2.81 bits per heavy atom. The van der Waals surface area contributed by atoms with E-state index in [0.717, 1.165) is 66.4 Å². The monoisotopic (exact) mass is 457 g/mol. The number of H-pyrrole nitrogens is 1. The topological polar surface area (TPSA) is 104 Å². The van der Waals surface area contributed by atoms with E-state index in [2.05, 4.69) is 14.9 Å². The number of rotatable bonds is 10. The van der Waals surface area contributed by atoms with E-state index in [-0.39, 0.29) is 5.25 Å². The Labute approximate surface area is 189 Å². The van der Waals surface area contributed by atoms with E-state index in [0.29, 0.717) is 18.7 Å². The van der Waals surface area contributed by atoms with Crippen LogP contribution in [0.4, 0.5) is 5.69 Å². The normalized spacial score (nSPS) is 15.8. The van der Waals surface area contributed by atoms with Crippen LogP contribution in [0.15, 0.2) is 42.5 Å². The van der Waals surface area contributed by atoms with Crippen LogP contribution in [-0.4, -0.2) is 35.6 Å².